The summed E-state index contributed by atoms with van der Waals surface area (Å²) in [5.41, 5.74) is 0. The van der Waals surface area contributed by atoms with Gasteiger partial charge in [0.1, 0.15) is 0 Å². The molecule has 4 saturated heterocycles. The van der Waals surface area contributed by atoms with Crippen LogP contribution in [-0.2, 0) is 0 Å². The lowest BCUT2D eigenvalue weighted by molar-refractivity contribution is 0.186. The van der Waals surface area contributed by atoms with Crippen molar-refractivity contribution in [1.29, 1.82) is 0 Å². The van der Waals surface area contributed by atoms with Crippen molar-refractivity contribution in [2.45, 2.75) is 166 Å². The van der Waals surface area contributed by atoms with E-state index in [0.717, 1.165) is 29.6 Å². The molecule has 4 aliphatic heterocycles. The minimum Gasteiger partial charge on any atom is -0.316 e. The maximum atomic E-state index is 3.49. The van der Waals surface area contributed by atoms with Crippen molar-refractivity contribution in [3.8, 4) is 0 Å². The summed E-state index contributed by atoms with van der Waals surface area (Å²) in [4.78, 5) is 7.71. The Morgan fingerprint density at radius 2 is 0.911 bits per heavy atom. The predicted octanol–water partition coefficient (Wildman–Crippen LogP) is 10.6. The van der Waals surface area contributed by atoms with Crippen LogP contribution in [0.25, 0.3) is 0 Å². The Balaban J connectivity index is 0.000000563. The van der Waals surface area contributed by atoms with Crippen molar-refractivity contribution in [3.05, 3.63) is 0 Å². The Morgan fingerprint density at radius 3 is 1.31 bits per heavy atom. The van der Waals surface area contributed by atoms with Gasteiger partial charge in [0.05, 0.1) is 0 Å². The fourth-order valence-electron chi connectivity index (χ4n) is 7.70. The summed E-state index contributed by atoms with van der Waals surface area (Å²) in [5.74, 6) is 4.97. The van der Waals surface area contributed by atoms with E-state index in [1.807, 2.05) is 13.8 Å². The molecule has 0 spiro atoms. The van der Waals surface area contributed by atoms with Gasteiger partial charge < -0.3 is 20.0 Å². The van der Waals surface area contributed by atoms with Crippen LogP contribution in [0.15, 0.2) is 0 Å². The summed E-state index contributed by atoms with van der Waals surface area (Å²) in [7, 11) is 0. The normalized spacial score (nSPS) is 24.4. The second-order valence-corrected chi connectivity index (χ2v) is 14.8. The summed E-state index contributed by atoms with van der Waals surface area (Å²) in [6.07, 6.45) is 21.2. The summed E-state index contributed by atoms with van der Waals surface area (Å²) in [6, 6.07) is 0. The van der Waals surface area contributed by atoms with E-state index in [2.05, 4.69) is 75.4 Å². The molecular formula is C41H88N4. The maximum Gasteiger partial charge on any atom is -0.00162 e. The molecule has 0 bridgehead atoms. The molecule has 0 amide bonds. The average molecular weight is 637 g/mol. The molecule has 45 heavy (non-hydrogen) atoms. The van der Waals surface area contributed by atoms with Gasteiger partial charge in [-0.3, -0.25) is 0 Å². The molecule has 2 unspecified atom stereocenters. The molecule has 0 aromatic heterocycles. The number of likely N-dealkylation sites (tertiary alicyclic amines) is 3. The van der Waals surface area contributed by atoms with Crippen LogP contribution in [0.1, 0.15) is 166 Å². The molecule has 4 fully saturated rings. The van der Waals surface area contributed by atoms with Gasteiger partial charge in [-0.1, -0.05) is 108 Å². The highest BCUT2D eigenvalue weighted by Gasteiger charge is 2.18. The molecule has 272 valence electrons. The fourth-order valence-corrected chi connectivity index (χ4v) is 7.70. The first kappa shape index (κ1) is 44.8. The quantitative estimate of drug-likeness (QED) is 0.257. The highest BCUT2D eigenvalue weighted by Crippen LogP contribution is 2.23. The molecule has 4 heterocycles. The van der Waals surface area contributed by atoms with Gasteiger partial charge in [-0.2, -0.15) is 0 Å². The molecule has 2 atom stereocenters. The van der Waals surface area contributed by atoms with Crippen LogP contribution >= 0.6 is 0 Å². The highest BCUT2D eigenvalue weighted by atomic mass is 15.1. The number of hydrogen-bond acceptors (Lipinski definition) is 4. The zero-order chi connectivity index (χ0) is 33.7. The van der Waals surface area contributed by atoms with Crippen molar-refractivity contribution in [2.24, 2.45) is 29.6 Å². The Bertz CT molecular complexity index is 548. The number of hydrogen-bond donors (Lipinski definition) is 1. The lowest BCUT2D eigenvalue weighted by Crippen LogP contribution is -2.33. The molecule has 0 saturated carbocycles. The minimum atomic E-state index is 0.897. The standard InChI is InChI=1S/3C10H21N.C9H19N.C2H6/c1-3-4-10-5-6-11-8-9(2)7-10;2*1-3-5-10-6-8-11(4-2)9-7-10;1-3-6-10-7-4-9(2)5-8-10;1-2/h9-11H,3-8H2,1-2H3;2*10H,3-9H2,1-2H3;9H,3-8H2,1-2H3;1-2H3. The van der Waals surface area contributed by atoms with Crippen LogP contribution in [-0.4, -0.2) is 86.7 Å². The number of nitrogens with zero attached hydrogens (tertiary/aromatic N) is 3. The molecule has 0 aliphatic carbocycles. The maximum absolute atomic E-state index is 3.49. The van der Waals surface area contributed by atoms with Crippen molar-refractivity contribution in [1.82, 2.24) is 20.0 Å². The Morgan fingerprint density at radius 1 is 0.489 bits per heavy atom. The summed E-state index contributed by atoms with van der Waals surface area (Å²) in [6.45, 7) is 36.8. The van der Waals surface area contributed by atoms with E-state index >= 15 is 0 Å². The largest absolute Gasteiger partial charge is 0.316 e. The lowest BCUT2D eigenvalue weighted by Gasteiger charge is -2.30. The Labute approximate surface area is 286 Å². The third kappa shape index (κ3) is 23.8. The van der Waals surface area contributed by atoms with Crippen molar-refractivity contribution in [3.63, 3.8) is 0 Å². The first-order chi connectivity index (χ1) is 21.9. The molecule has 4 heteroatoms. The Kier molecular flexibility index (Phi) is 31.0. The van der Waals surface area contributed by atoms with E-state index < -0.39 is 0 Å². The SMILES string of the molecule is CC.CCCC1CCN(CC)CC1.CCCC1CCN(CC)CC1.CCCC1CCNCC(C)C1.CCCN1CCC(C)CC1. The molecule has 1 N–H and O–H groups in total. The van der Waals surface area contributed by atoms with E-state index in [1.165, 1.54) is 168 Å². The van der Waals surface area contributed by atoms with Gasteiger partial charge in [0.25, 0.3) is 0 Å². The fraction of sp³-hybridized carbons (Fsp3) is 1.00. The van der Waals surface area contributed by atoms with Crippen LogP contribution < -0.4 is 5.32 Å². The molecule has 0 aromatic rings. The van der Waals surface area contributed by atoms with Gasteiger partial charge in [0, 0.05) is 0 Å². The zero-order valence-electron chi connectivity index (χ0n) is 33.1. The van der Waals surface area contributed by atoms with Gasteiger partial charge in [-0.15, -0.1) is 0 Å². The van der Waals surface area contributed by atoms with Crippen LogP contribution in [0.5, 0.6) is 0 Å². The van der Waals surface area contributed by atoms with Gasteiger partial charge in [-0.25, -0.2) is 0 Å². The van der Waals surface area contributed by atoms with Crippen LogP contribution in [0.3, 0.4) is 0 Å². The molecular weight excluding hydrogens is 548 g/mol. The van der Waals surface area contributed by atoms with E-state index in [-0.39, 0.29) is 0 Å². The lowest BCUT2D eigenvalue weighted by atomic mass is 9.91. The third-order valence-electron chi connectivity index (χ3n) is 10.8. The average Bonchev–Trinajstić information content (AvgIpc) is 3.28. The molecule has 0 aromatic carbocycles. The van der Waals surface area contributed by atoms with Crippen LogP contribution in [0.4, 0.5) is 0 Å². The molecule has 4 nitrogen and oxygen atoms in total. The topological polar surface area (TPSA) is 21.8 Å². The van der Waals surface area contributed by atoms with Gasteiger partial charge in [0.2, 0.25) is 0 Å². The summed E-state index contributed by atoms with van der Waals surface area (Å²) >= 11 is 0. The Hall–Kier alpha value is -0.160. The van der Waals surface area contributed by atoms with E-state index in [4.69, 9.17) is 0 Å². The van der Waals surface area contributed by atoms with E-state index in [1.54, 1.807) is 0 Å². The van der Waals surface area contributed by atoms with Crippen LogP contribution in [0, 0.1) is 29.6 Å². The number of rotatable bonds is 10. The predicted molar refractivity (Wildman–Crippen MR) is 206 cm³/mol. The van der Waals surface area contributed by atoms with E-state index in [0.29, 0.717) is 0 Å². The third-order valence-corrected chi connectivity index (χ3v) is 10.8. The minimum absolute atomic E-state index is 0.897. The van der Waals surface area contributed by atoms with Gasteiger partial charge >= 0.3 is 0 Å². The first-order valence-corrected chi connectivity index (χ1v) is 20.8. The molecule has 0 radical (unpaired) electrons. The molecule has 4 rings (SSSR count). The van der Waals surface area contributed by atoms with Crippen molar-refractivity contribution in [2.75, 3.05) is 72.0 Å². The highest BCUT2D eigenvalue weighted by molar-refractivity contribution is 4.73. The van der Waals surface area contributed by atoms with Crippen molar-refractivity contribution >= 4 is 0 Å². The smallest absolute Gasteiger partial charge is 0.00162 e. The van der Waals surface area contributed by atoms with E-state index in [9.17, 15) is 0 Å². The second-order valence-electron chi connectivity index (χ2n) is 14.8. The molecule has 4 aliphatic rings. The number of nitrogens with one attached hydrogen (secondary N) is 1. The van der Waals surface area contributed by atoms with Gasteiger partial charge in [-0.05, 0) is 159 Å². The number of piperidine rings is 3. The monoisotopic (exact) mass is 637 g/mol. The summed E-state index contributed by atoms with van der Waals surface area (Å²) < 4.78 is 0. The second kappa shape index (κ2) is 31.1. The van der Waals surface area contributed by atoms with Crippen LogP contribution in [0.2, 0.25) is 0 Å². The zero-order valence-corrected chi connectivity index (χ0v) is 33.1. The van der Waals surface area contributed by atoms with Gasteiger partial charge in [0.15, 0.2) is 0 Å². The van der Waals surface area contributed by atoms with Crippen molar-refractivity contribution < 1.29 is 0 Å². The summed E-state index contributed by atoms with van der Waals surface area (Å²) in [5, 5.41) is 3.49. The first-order valence-electron chi connectivity index (χ1n) is 20.8.